The van der Waals surface area contributed by atoms with E-state index >= 15 is 0 Å². The monoisotopic (exact) mass is 257 g/mol. The number of hydrogen-bond acceptors (Lipinski definition) is 3. The summed E-state index contributed by atoms with van der Waals surface area (Å²) in [7, 11) is 1.54. The second kappa shape index (κ2) is 6.14. The number of benzene rings is 2. The van der Waals surface area contributed by atoms with Crippen molar-refractivity contribution in [2.75, 3.05) is 12.4 Å². The Hall–Kier alpha value is -2.16. The van der Waals surface area contributed by atoms with Crippen molar-refractivity contribution >= 4 is 5.69 Å². The van der Waals surface area contributed by atoms with Crippen LogP contribution in [-0.2, 0) is 13.0 Å². The molecule has 2 aromatic rings. The van der Waals surface area contributed by atoms with Crippen molar-refractivity contribution in [3.05, 3.63) is 53.6 Å². The van der Waals surface area contributed by atoms with E-state index in [1.54, 1.807) is 19.2 Å². The van der Waals surface area contributed by atoms with Crippen LogP contribution in [0.15, 0.2) is 42.5 Å². The standard InChI is InChI=1S/C16H19NO2/c1-3-12-5-4-6-14(9-12)17-11-13-7-8-16(19-2)15(18)10-13/h4-10,17-18H,3,11H2,1-2H3. The van der Waals surface area contributed by atoms with Crippen LogP contribution in [0.5, 0.6) is 11.5 Å². The van der Waals surface area contributed by atoms with E-state index in [0.29, 0.717) is 12.3 Å². The predicted octanol–water partition coefficient (Wildman–Crippen LogP) is 3.58. The van der Waals surface area contributed by atoms with Crippen molar-refractivity contribution in [1.82, 2.24) is 0 Å². The third-order valence-corrected chi connectivity index (χ3v) is 3.08. The zero-order valence-electron chi connectivity index (χ0n) is 11.3. The third kappa shape index (κ3) is 3.41. The number of ether oxygens (including phenoxy) is 1. The molecule has 0 aliphatic rings. The van der Waals surface area contributed by atoms with Crippen LogP contribution < -0.4 is 10.1 Å². The SMILES string of the molecule is CCc1cccc(NCc2ccc(OC)c(O)c2)c1. The molecule has 100 valence electrons. The fraction of sp³-hybridized carbons (Fsp3) is 0.250. The van der Waals surface area contributed by atoms with E-state index in [1.807, 2.05) is 18.2 Å². The van der Waals surface area contributed by atoms with Gasteiger partial charge in [-0.1, -0.05) is 25.1 Å². The highest BCUT2D eigenvalue weighted by Gasteiger charge is 2.02. The second-order valence-electron chi connectivity index (χ2n) is 4.41. The van der Waals surface area contributed by atoms with Crippen LogP contribution in [0.3, 0.4) is 0 Å². The predicted molar refractivity (Wildman–Crippen MR) is 77.8 cm³/mol. The molecule has 0 bridgehead atoms. The summed E-state index contributed by atoms with van der Waals surface area (Å²) in [6, 6.07) is 13.8. The van der Waals surface area contributed by atoms with Crippen molar-refractivity contribution in [2.45, 2.75) is 19.9 Å². The molecule has 19 heavy (non-hydrogen) atoms. The van der Waals surface area contributed by atoms with Crippen LogP contribution in [0.25, 0.3) is 0 Å². The van der Waals surface area contributed by atoms with E-state index in [0.717, 1.165) is 17.7 Å². The number of hydrogen-bond donors (Lipinski definition) is 2. The Balaban J connectivity index is 2.03. The zero-order valence-corrected chi connectivity index (χ0v) is 11.3. The van der Waals surface area contributed by atoms with Crippen LogP contribution in [0.2, 0.25) is 0 Å². The lowest BCUT2D eigenvalue weighted by Gasteiger charge is -2.09. The number of anilines is 1. The molecule has 0 saturated heterocycles. The van der Waals surface area contributed by atoms with Crippen molar-refractivity contribution in [2.24, 2.45) is 0 Å². The molecule has 2 aromatic carbocycles. The minimum atomic E-state index is 0.170. The normalized spacial score (nSPS) is 10.2. The Bertz CT molecular complexity index is 552. The number of aromatic hydroxyl groups is 1. The fourth-order valence-electron chi connectivity index (χ4n) is 1.95. The number of aryl methyl sites for hydroxylation is 1. The maximum absolute atomic E-state index is 9.72. The summed E-state index contributed by atoms with van der Waals surface area (Å²) in [6.07, 6.45) is 1.03. The number of nitrogens with one attached hydrogen (secondary N) is 1. The molecular formula is C16H19NO2. The van der Waals surface area contributed by atoms with Gasteiger partial charge in [-0.05, 0) is 41.8 Å². The smallest absolute Gasteiger partial charge is 0.160 e. The molecule has 0 aliphatic carbocycles. The van der Waals surface area contributed by atoms with Crippen LogP contribution in [0, 0.1) is 0 Å². The van der Waals surface area contributed by atoms with Crippen LogP contribution in [0.4, 0.5) is 5.69 Å². The highest BCUT2D eigenvalue weighted by molar-refractivity contribution is 5.47. The molecule has 0 radical (unpaired) electrons. The Labute approximate surface area is 113 Å². The average Bonchev–Trinajstić information content (AvgIpc) is 2.45. The molecule has 0 unspecified atom stereocenters. The Morgan fingerprint density at radius 3 is 2.63 bits per heavy atom. The van der Waals surface area contributed by atoms with Gasteiger partial charge < -0.3 is 15.2 Å². The van der Waals surface area contributed by atoms with Gasteiger partial charge in [-0.25, -0.2) is 0 Å². The maximum atomic E-state index is 9.72. The minimum absolute atomic E-state index is 0.170. The fourth-order valence-corrected chi connectivity index (χ4v) is 1.95. The molecule has 3 nitrogen and oxygen atoms in total. The van der Waals surface area contributed by atoms with Crippen molar-refractivity contribution < 1.29 is 9.84 Å². The van der Waals surface area contributed by atoms with Gasteiger partial charge in [0.25, 0.3) is 0 Å². The van der Waals surface area contributed by atoms with Gasteiger partial charge in [0, 0.05) is 12.2 Å². The van der Waals surface area contributed by atoms with Crippen molar-refractivity contribution in [3.63, 3.8) is 0 Å². The molecule has 0 heterocycles. The number of methoxy groups -OCH3 is 1. The lowest BCUT2D eigenvalue weighted by Crippen LogP contribution is -2.00. The van der Waals surface area contributed by atoms with Crippen molar-refractivity contribution in [1.29, 1.82) is 0 Å². The molecule has 3 heteroatoms. The first kappa shape index (κ1) is 13.3. The largest absolute Gasteiger partial charge is 0.504 e. The lowest BCUT2D eigenvalue weighted by atomic mass is 10.1. The molecule has 2 N–H and O–H groups in total. The summed E-state index contributed by atoms with van der Waals surface area (Å²) in [5.74, 6) is 0.667. The summed E-state index contributed by atoms with van der Waals surface area (Å²) in [6.45, 7) is 2.81. The molecule has 0 aliphatic heterocycles. The highest BCUT2D eigenvalue weighted by Crippen LogP contribution is 2.26. The molecule has 2 rings (SSSR count). The van der Waals surface area contributed by atoms with E-state index in [1.165, 1.54) is 5.56 Å². The molecule has 0 amide bonds. The molecule has 0 spiro atoms. The van der Waals surface area contributed by atoms with Crippen LogP contribution >= 0.6 is 0 Å². The second-order valence-corrected chi connectivity index (χ2v) is 4.41. The Morgan fingerprint density at radius 1 is 1.11 bits per heavy atom. The van der Waals surface area contributed by atoms with Crippen LogP contribution in [-0.4, -0.2) is 12.2 Å². The molecule has 0 fully saturated rings. The van der Waals surface area contributed by atoms with Gasteiger partial charge in [0.2, 0.25) is 0 Å². The Morgan fingerprint density at radius 2 is 1.95 bits per heavy atom. The first-order valence-electron chi connectivity index (χ1n) is 6.41. The van der Waals surface area contributed by atoms with E-state index in [4.69, 9.17) is 4.74 Å². The summed E-state index contributed by atoms with van der Waals surface area (Å²) >= 11 is 0. The van der Waals surface area contributed by atoms with Gasteiger partial charge in [-0.2, -0.15) is 0 Å². The molecule has 0 aromatic heterocycles. The first-order chi connectivity index (χ1) is 9.22. The molecular weight excluding hydrogens is 238 g/mol. The van der Waals surface area contributed by atoms with Gasteiger partial charge >= 0.3 is 0 Å². The van der Waals surface area contributed by atoms with E-state index < -0.39 is 0 Å². The van der Waals surface area contributed by atoms with E-state index in [9.17, 15) is 5.11 Å². The van der Waals surface area contributed by atoms with Gasteiger partial charge in [0.1, 0.15) is 0 Å². The lowest BCUT2D eigenvalue weighted by molar-refractivity contribution is 0.373. The van der Waals surface area contributed by atoms with Crippen molar-refractivity contribution in [3.8, 4) is 11.5 Å². The van der Waals surface area contributed by atoms with Crippen LogP contribution in [0.1, 0.15) is 18.1 Å². The van der Waals surface area contributed by atoms with E-state index in [2.05, 4.69) is 24.4 Å². The quantitative estimate of drug-likeness (QED) is 0.860. The number of phenolic OH excluding ortho intramolecular Hbond substituents is 1. The maximum Gasteiger partial charge on any atom is 0.160 e. The minimum Gasteiger partial charge on any atom is -0.504 e. The average molecular weight is 257 g/mol. The Kier molecular flexibility index (Phi) is 4.29. The molecule has 0 atom stereocenters. The van der Waals surface area contributed by atoms with E-state index in [-0.39, 0.29) is 5.75 Å². The number of rotatable bonds is 5. The van der Waals surface area contributed by atoms with Gasteiger partial charge in [0.05, 0.1) is 7.11 Å². The van der Waals surface area contributed by atoms with Gasteiger partial charge in [0.15, 0.2) is 11.5 Å². The topological polar surface area (TPSA) is 41.5 Å². The highest BCUT2D eigenvalue weighted by atomic mass is 16.5. The molecule has 0 saturated carbocycles. The summed E-state index contributed by atoms with van der Waals surface area (Å²) in [4.78, 5) is 0. The third-order valence-electron chi connectivity index (χ3n) is 3.08. The van der Waals surface area contributed by atoms with Gasteiger partial charge in [-0.15, -0.1) is 0 Å². The van der Waals surface area contributed by atoms with Gasteiger partial charge in [-0.3, -0.25) is 0 Å². The summed E-state index contributed by atoms with van der Waals surface area (Å²) < 4.78 is 5.02. The summed E-state index contributed by atoms with van der Waals surface area (Å²) in [5, 5.41) is 13.1. The summed E-state index contributed by atoms with van der Waals surface area (Å²) in [5.41, 5.74) is 3.41. The first-order valence-corrected chi connectivity index (χ1v) is 6.41. The zero-order chi connectivity index (χ0) is 13.7. The number of phenols is 1.